The summed E-state index contributed by atoms with van der Waals surface area (Å²) >= 11 is 6.89. The minimum atomic E-state index is -0.463. The molecule has 15 rings (SSSR count). The molecule has 7 aromatic carbocycles. The highest BCUT2D eigenvalue weighted by atomic mass is 35.5. The average molecular weight is 1390 g/mol. The van der Waals surface area contributed by atoms with Crippen molar-refractivity contribution < 1.29 is 27.8 Å². The second kappa shape index (κ2) is 29.3. The molecule has 0 aliphatic carbocycles. The van der Waals surface area contributed by atoms with Crippen molar-refractivity contribution in [1.29, 1.82) is 10.5 Å². The Morgan fingerprint density at radius 1 is 0.569 bits per heavy atom. The van der Waals surface area contributed by atoms with Crippen LogP contribution in [0.1, 0.15) is 37.8 Å². The number of hydrogen-bond acceptors (Lipinski definition) is 17. The first-order chi connectivity index (χ1) is 49.5. The van der Waals surface area contributed by atoms with Gasteiger partial charge in [0.2, 0.25) is 5.91 Å². The Morgan fingerprint density at radius 3 is 1.60 bits per heavy atom. The number of piperidine rings is 2. The predicted octanol–water partition coefficient (Wildman–Crippen LogP) is 13.6. The summed E-state index contributed by atoms with van der Waals surface area (Å²) in [6.45, 7) is 5.82. The van der Waals surface area contributed by atoms with Crippen LogP contribution >= 0.6 is 11.6 Å². The number of likely N-dealkylation sites (tertiary alicyclic amines) is 2. The van der Waals surface area contributed by atoms with Crippen molar-refractivity contribution in [2.75, 3.05) is 48.7 Å². The van der Waals surface area contributed by atoms with Gasteiger partial charge < -0.3 is 60.2 Å². The van der Waals surface area contributed by atoms with Crippen LogP contribution in [-0.2, 0) is 4.79 Å². The number of benzene rings is 7. The van der Waals surface area contributed by atoms with E-state index in [-0.39, 0.29) is 58.1 Å². The number of nitrogens with zero attached hydrogens (tertiary/aromatic N) is 10. The number of aromatic amines is 3. The summed E-state index contributed by atoms with van der Waals surface area (Å²) in [5.74, 6) is 1.92. The summed E-state index contributed by atoms with van der Waals surface area (Å²) < 4.78 is 50.4. The first-order valence-electron chi connectivity index (χ1n) is 32.1. The van der Waals surface area contributed by atoms with Gasteiger partial charge in [0.15, 0.2) is 53.0 Å². The van der Waals surface area contributed by atoms with Crippen molar-refractivity contribution in [3.8, 4) is 86.0 Å². The lowest BCUT2D eigenvalue weighted by molar-refractivity contribution is -0.111. The van der Waals surface area contributed by atoms with E-state index >= 15 is 0 Å². The number of nitrogen functional groups attached to an aromatic ring is 3. The number of halogens is 3. The van der Waals surface area contributed by atoms with E-state index in [1.54, 1.807) is 110 Å². The Kier molecular flexibility index (Phi) is 19.3. The molecular weight excluding hydrogens is 1320 g/mol. The molecular formula is C75H62ClF2N17O7. The number of rotatable bonds is 14. The van der Waals surface area contributed by atoms with E-state index in [2.05, 4.69) is 54.9 Å². The number of nitrogens with two attached hydrogens (primary N) is 3. The van der Waals surface area contributed by atoms with Crippen molar-refractivity contribution in [3.63, 3.8) is 0 Å². The van der Waals surface area contributed by atoms with E-state index in [1.807, 2.05) is 89.8 Å². The summed E-state index contributed by atoms with van der Waals surface area (Å²) in [6.07, 6.45) is 12.6. The maximum absolute atomic E-state index is 13.9. The van der Waals surface area contributed by atoms with Crippen LogP contribution < -0.4 is 53.4 Å². The largest absolute Gasteiger partial charge is 0.457 e. The predicted molar refractivity (Wildman–Crippen MR) is 386 cm³/mol. The van der Waals surface area contributed by atoms with Gasteiger partial charge in [-0.05, 0) is 139 Å². The Morgan fingerprint density at radius 2 is 1.04 bits per heavy atom. The number of H-pyrrole nitrogens is 3. The topological polar surface area (TPSA) is 341 Å². The number of para-hydroxylation sites is 3. The van der Waals surface area contributed by atoms with Gasteiger partial charge in [0.25, 0.3) is 16.7 Å². The van der Waals surface area contributed by atoms with Crippen molar-refractivity contribution >= 4 is 73.4 Å². The van der Waals surface area contributed by atoms with Crippen LogP contribution in [0.15, 0.2) is 215 Å². The molecule has 0 bridgehead atoms. The molecule has 27 heteroatoms. The number of carbonyl (C=O) groups excluding carboxylic acids is 1. The quantitative estimate of drug-likeness (QED) is 0.0393. The van der Waals surface area contributed by atoms with Gasteiger partial charge >= 0.3 is 0 Å². The Hall–Kier alpha value is -13.5. The molecule has 102 heavy (non-hydrogen) atoms. The van der Waals surface area contributed by atoms with Crippen LogP contribution in [0.3, 0.4) is 0 Å². The molecule has 510 valence electrons. The highest BCUT2D eigenvalue weighted by Crippen LogP contribution is 2.44. The van der Waals surface area contributed by atoms with Gasteiger partial charge in [-0.25, -0.2) is 24.1 Å². The lowest BCUT2D eigenvalue weighted by atomic mass is 10.1. The zero-order chi connectivity index (χ0) is 71.1. The minimum absolute atomic E-state index is 0.0405. The number of carbonyl (C=O) groups is 1. The Labute approximate surface area is 584 Å². The second-order valence-electron chi connectivity index (χ2n) is 23.9. The lowest BCUT2D eigenvalue weighted by Gasteiger charge is -2.30. The average Bonchev–Trinajstić information content (AvgIpc) is 1.66. The summed E-state index contributed by atoms with van der Waals surface area (Å²) in [5.41, 5.74) is 24.2. The highest BCUT2D eigenvalue weighted by Gasteiger charge is 2.31. The van der Waals surface area contributed by atoms with E-state index in [1.165, 1.54) is 18.2 Å². The van der Waals surface area contributed by atoms with Gasteiger partial charge in [0.05, 0.1) is 28.2 Å². The Bertz CT molecular complexity index is 5590. The molecule has 0 radical (unpaired) electrons. The zero-order valence-corrected chi connectivity index (χ0v) is 54.9. The first kappa shape index (κ1) is 67.1. The number of anilines is 4. The fourth-order valence-electron chi connectivity index (χ4n) is 12.7. The van der Waals surface area contributed by atoms with Crippen LogP contribution in [0.4, 0.5) is 31.9 Å². The van der Waals surface area contributed by atoms with Crippen LogP contribution in [0.2, 0.25) is 5.15 Å². The number of hydrogen-bond donors (Lipinski definition) is 7. The third-order valence-electron chi connectivity index (χ3n) is 17.4. The van der Waals surface area contributed by atoms with E-state index < -0.39 is 17.2 Å². The second-order valence-corrected chi connectivity index (χ2v) is 24.2. The molecule has 24 nitrogen and oxygen atoms in total. The molecule has 0 spiro atoms. The van der Waals surface area contributed by atoms with Crippen molar-refractivity contribution in [1.82, 2.24) is 54.1 Å². The minimum Gasteiger partial charge on any atom is -0.457 e. The van der Waals surface area contributed by atoms with E-state index in [0.29, 0.717) is 104 Å². The molecule has 2 atom stereocenters. The van der Waals surface area contributed by atoms with Crippen molar-refractivity contribution in [3.05, 3.63) is 249 Å². The zero-order valence-electron chi connectivity index (χ0n) is 54.2. The molecule has 2 saturated heterocycles. The third kappa shape index (κ3) is 13.9. The Balaban J connectivity index is 0.000000137. The van der Waals surface area contributed by atoms with Gasteiger partial charge in [0, 0.05) is 66.6 Å². The smallest absolute Gasteiger partial charge is 0.289 e. The van der Waals surface area contributed by atoms with E-state index in [4.69, 9.17) is 43.0 Å². The van der Waals surface area contributed by atoms with Crippen LogP contribution in [0.5, 0.6) is 34.5 Å². The third-order valence-corrected chi connectivity index (χ3v) is 17.8. The fourth-order valence-corrected chi connectivity index (χ4v) is 13.1. The molecule has 10 N–H and O–H groups in total. The fraction of sp³-hybridized carbons (Fsp3) is 0.133. The van der Waals surface area contributed by atoms with Crippen LogP contribution in [-0.4, -0.2) is 86.2 Å². The van der Waals surface area contributed by atoms with Gasteiger partial charge in [-0.2, -0.15) is 25.8 Å². The molecule has 8 heterocycles. The van der Waals surface area contributed by atoms with Crippen LogP contribution in [0.25, 0.3) is 71.8 Å². The number of ether oxygens (including phenoxy) is 3. The lowest BCUT2D eigenvalue weighted by Crippen LogP contribution is -2.34. The standard InChI is InChI=1S/C27H21N5O3.C24H20ClFN6O2.C24H21FN6O2/c1-2-23(33)29-18-7-6-8-19(15-18)32-16-22(24-25(32)27(34)31-30-26(24)28)17-11-13-21(14-12-17)35-20-9-4-3-5-10-20;25-22-19(14-7-9-16(10-8-14)34-18-6-2-1-5-17(18)26)20-21(24(33)30-29-23(20)28)32(22)15-4-3-11-31(12-15)13-27;25-19-5-1-2-6-20(19)33-17-9-7-15(8-10-17)18-13-31(16-4-3-11-30(12-16)14-26)22-21(18)23(27)28-29-24(22)32/h2-16H,1H2,(H2,28,30)(H,29,33)(H,31,34);1-2,5-10,15H,3-4,11-12H2,(H2,28,29)(H,30,33);1-2,5-10,13,16H,3-4,11-12H2,(H2,27,28)(H,29,32)/t;15-;16-/m.11/s1. The molecule has 13 aromatic rings. The summed E-state index contributed by atoms with van der Waals surface area (Å²) in [6, 6.07) is 50.3. The van der Waals surface area contributed by atoms with Crippen LogP contribution in [0, 0.1) is 34.5 Å². The summed E-state index contributed by atoms with van der Waals surface area (Å²) in [4.78, 5) is 53.5. The monoisotopic (exact) mass is 1390 g/mol. The number of amides is 1. The highest BCUT2D eigenvalue weighted by molar-refractivity contribution is 6.35. The number of nitrogens with one attached hydrogen (secondary N) is 4. The van der Waals surface area contributed by atoms with Gasteiger partial charge in [-0.3, -0.25) is 19.2 Å². The van der Waals surface area contributed by atoms with Crippen molar-refractivity contribution in [2.45, 2.75) is 37.8 Å². The van der Waals surface area contributed by atoms with E-state index in [0.717, 1.165) is 53.7 Å². The maximum Gasteiger partial charge on any atom is 0.289 e. The van der Waals surface area contributed by atoms with E-state index in [9.17, 15) is 38.5 Å². The molecule has 2 aliphatic heterocycles. The number of aromatic nitrogens is 9. The van der Waals surface area contributed by atoms with Gasteiger partial charge in [0.1, 0.15) is 44.7 Å². The summed E-state index contributed by atoms with van der Waals surface area (Å²) in [5, 5.41) is 42.6. The molecule has 1 amide bonds. The van der Waals surface area contributed by atoms with Gasteiger partial charge in [-0.1, -0.05) is 103 Å². The molecule has 0 saturated carbocycles. The molecule has 2 aliphatic rings. The SMILES string of the molecule is C=CC(=O)Nc1cccc(-n2cc(-c3ccc(Oc4ccccc4)cc3)c3c(N)n[nH]c(=O)c32)c1.N#CN1CCC[C@@H](n2c(Cl)c(-c3ccc(Oc4ccccc4F)cc3)c3c(N)n[nH]c(=O)c32)C1.N#CN1CCC[C@@H](n2cc(-c3ccc(Oc4ccccc4F)cc3)c3c(N)n[nH]c(=O)c32)C1. The maximum atomic E-state index is 13.9. The molecule has 6 aromatic heterocycles. The van der Waals surface area contributed by atoms with Crippen molar-refractivity contribution in [2.24, 2.45) is 0 Å². The molecule has 2 fully saturated rings. The van der Waals surface area contributed by atoms with Gasteiger partial charge in [-0.15, -0.1) is 0 Å². The molecule has 0 unspecified atom stereocenters. The first-order valence-corrected chi connectivity index (χ1v) is 32.5. The normalized spacial score (nSPS) is 14.2. The summed E-state index contributed by atoms with van der Waals surface area (Å²) in [7, 11) is 0. The number of fused-ring (bicyclic) bond motifs is 3. The number of nitriles is 2.